The van der Waals surface area contributed by atoms with Crippen LogP contribution in [0.3, 0.4) is 0 Å². The van der Waals surface area contributed by atoms with Crippen molar-refractivity contribution >= 4 is 21.9 Å². The average molecular weight is 380 g/mol. The van der Waals surface area contributed by atoms with E-state index in [1.54, 1.807) is 0 Å². The van der Waals surface area contributed by atoms with Gasteiger partial charge in [0, 0.05) is 12.6 Å². The maximum absolute atomic E-state index is 12.3. The van der Waals surface area contributed by atoms with Crippen LogP contribution in [0.25, 0.3) is 0 Å². The minimum absolute atomic E-state index is 0.0441. The summed E-state index contributed by atoms with van der Waals surface area (Å²) in [6.07, 6.45) is 0.264. The number of carbonyl (C=O) groups excluding carboxylic acids is 1. The van der Waals surface area contributed by atoms with E-state index in [2.05, 4.69) is 10.0 Å². The van der Waals surface area contributed by atoms with Gasteiger partial charge < -0.3 is 14.8 Å². The SMILES string of the molecule is CNS(=O)(=O)c1cc(C(=O)NCC(Cc2ccccc2)C(=O)O)c(C)o1. The van der Waals surface area contributed by atoms with Gasteiger partial charge in [0.1, 0.15) is 5.76 Å². The maximum Gasteiger partial charge on any atom is 0.308 e. The van der Waals surface area contributed by atoms with Gasteiger partial charge in [-0.2, -0.15) is 0 Å². The molecule has 0 aliphatic heterocycles. The van der Waals surface area contributed by atoms with Crippen LogP contribution in [0.15, 0.2) is 45.9 Å². The smallest absolute Gasteiger partial charge is 0.308 e. The number of furan rings is 1. The van der Waals surface area contributed by atoms with E-state index >= 15 is 0 Å². The fourth-order valence-electron chi connectivity index (χ4n) is 2.37. The van der Waals surface area contributed by atoms with E-state index in [0.717, 1.165) is 11.6 Å². The Kier molecular flexibility index (Phi) is 6.17. The normalized spacial score (nSPS) is 12.5. The summed E-state index contributed by atoms with van der Waals surface area (Å²) in [6.45, 7) is 1.37. The van der Waals surface area contributed by atoms with Gasteiger partial charge in [0.05, 0.1) is 11.5 Å². The molecule has 1 amide bonds. The number of aryl methyl sites for hydroxylation is 1. The Labute approximate surface area is 151 Å². The Morgan fingerprint density at radius 1 is 1.23 bits per heavy atom. The fourth-order valence-corrected chi connectivity index (χ4v) is 3.08. The molecule has 140 valence electrons. The van der Waals surface area contributed by atoms with E-state index in [-0.39, 0.29) is 29.4 Å². The summed E-state index contributed by atoms with van der Waals surface area (Å²) in [6, 6.07) is 10.2. The Balaban J connectivity index is 2.08. The highest BCUT2D eigenvalue weighted by Gasteiger charge is 2.24. The zero-order valence-electron chi connectivity index (χ0n) is 14.4. The van der Waals surface area contributed by atoms with E-state index in [9.17, 15) is 23.1 Å². The van der Waals surface area contributed by atoms with Crippen LogP contribution in [0.1, 0.15) is 21.7 Å². The number of rotatable bonds is 8. The molecule has 0 saturated carbocycles. The van der Waals surface area contributed by atoms with Crippen molar-refractivity contribution in [1.82, 2.24) is 10.0 Å². The molecule has 2 aromatic rings. The molecule has 0 bridgehead atoms. The molecule has 9 heteroatoms. The van der Waals surface area contributed by atoms with Gasteiger partial charge in [-0.1, -0.05) is 30.3 Å². The Bertz CT molecular complexity index is 889. The van der Waals surface area contributed by atoms with Gasteiger partial charge in [0.15, 0.2) is 0 Å². The number of hydrogen-bond donors (Lipinski definition) is 3. The first-order chi connectivity index (χ1) is 12.2. The molecule has 26 heavy (non-hydrogen) atoms. The van der Waals surface area contributed by atoms with Gasteiger partial charge in [-0.15, -0.1) is 0 Å². The number of sulfonamides is 1. The second-order valence-electron chi connectivity index (χ2n) is 5.68. The lowest BCUT2D eigenvalue weighted by Crippen LogP contribution is -2.34. The number of benzene rings is 1. The molecule has 2 rings (SSSR count). The monoisotopic (exact) mass is 380 g/mol. The molecule has 1 atom stereocenters. The van der Waals surface area contributed by atoms with E-state index in [1.165, 1.54) is 14.0 Å². The van der Waals surface area contributed by atoms with E-state index < -0.39 is 27.8 Å². The molecule has 3 N–H and O–H groups in total. The summed E-state index contributed by atoms with van der Waals surface area (Å²) in [5, 5.41) is 11.5. The third-order valence-corrected chi connectivity index (χ3v) is 5.12. The van der Waals surface area contributed by atoms with Crippen molar-refractivity contribution in [2.75, 3.05) is 13.6 Å². The number of carboxylic acids is 1. The lowest BCUT2D eigenvalue weighted by Gasteiger charge is -2.13. The topological polar surface area (TPSA) is 126 Å². The second-order valence-corrected chi connectivity index (χ2v) is 7.50. The summed E-state index contributed by atoms with van der Waals surface area (Å²) in [5.74, 6) is -2.31. The molecule has 1 unspecified atom stereocenters. The molecular weight excluding hydrogens is 360 g/mol. The number of aliphatic carboxylic acids is 1. The van der Waals surface area contributed by atoms with Gasteiger partial charge in [-0.05, 0) is 26.0 Å². The molecule has 1 heterocycles. The van der Waals surface area contributed by atoms with Gasteiger partial charge >= 0.3 is 5.97 Å². The lowest BCUT2D eigenvalue weighted by atomic mass is 9.99. The lowest BCUT2D eigenvalue weighted by molar-refractivity contribution is -0.141. The number of hydrogen-bond acceptors (Lipinski definition) is 5. The van der Waals surface area contributed by atoms with Crippen LogP contribution in [0.2, 0.25) is 0 Å². The van der Waals surface area contributed by atoms with Gasteiger partial charge in [-0.25, -0.2) is 13.1 Å². The highest BCUT2D eigenvalue weighted by Crippen LogP contribution is 2.19. The van der Waals surface area contributed by atoms with E-state index in [0.29, 0.717) is 0 Å². The van der Waals surface area contributed by atoms with Gasteiger partial charge in [0.25, 0.3) is 15.9 Å². The third kappa shape index (κ3) is 4.70. The van der Waals surface area contributed by atoms with Crippen LogP contribution in [0.4, 0.5) is 0 Å². The molecule has 0 saturated heterocycles. The van der Waals surface area contributed by atoms with Crippen molar-refractivity contribution in [3.8, 4) is 0 Å². The van der Waals surface area contributed by atoms with Crippen molar-refractivity contribution in [2.24, 2.45) is 5.92 Å². The van der Waals surface area contributed by atoms with Crippen LogP contribution < -0.4 is 10.0 Å². The maximum atomic E-state index is 12.3. The third-order valence-electron chi connectivity index (χ3n) is 3.86. The first kappa shape index (κ1) is 19.7. The number of nitrogens with one attached hydrogen (secondary N) is 2. The minimum atomic E-state index is -3.81. The molecule has 0 spiro atoms. The molecule has 0 aliphatic carbocycles. The fraction of sp³-hybridized carbons (Fsp3) is 0.294. The zero-order valence-corrected chi connectivity index (χ0v) is 15.2. The van der Waals surface area contributed by atoms with Crippen LogP contribution in [-0.4, -0.2) is 39.0 Å². The van der Waals surface area contributed by atoms with Crippen molar-refractivity contribution < 1.29 is 27.5 Å². The number of carboxylic acid groups (broad SMARTS) is 1. The molecule has 0 aliphatic rings. The Morgan fingerprint density at radius 3 is 2.46 bits per heavy atom. The standard InChI is InChI=1S/C17H20N2O6S/c1-11-14(9-15(25-11)26(23,24)18-2)16(20)19-10-13(17(21)22)8-12-6-4-3-5-7-12/h3-7,9,13,18H,8,10H2,1-2H3,(H,19,20)(H,21,22). The van der Waals surface area contributed by atoms with Crippen molar-refractivity contribution in [3.05, 3.63) is 53.3 Å². The highest BCUT2D eigenvalue weighted by molar-refractivity contribution is 7.89. The summed E-state index contributed by atoms with van der Waals surface area (Å²) in [5.41, 5.74) is 0.888. The summed E-state index contributed by atoms with van der Waals surface area (Å²) in [4.78, 5) is 23.7. The van der Waals surface area contributed by atoms with Crippen LogP contribution >= 0.6 is 0 Å². The molecule has 0 radical (unpaired) electrons. The van der Waals surface area contributed by atoms with Gasteiger partial charge in [-0.3, -0.25) is 9.59 Å². The molecular formula is C17H20N2O6S. The van der Waals surface area contributed by atoms with Crippen molar-refractivity contribution in [1.29, 1.82) is 0 Å². The van der Waals surface area contributed by atoms with E-state index in [4.69, 9.17) is 4.42 Å². The minimum Gasteiger partial charge on any atom is -0.481 e. The number of carbonyl (C=O) groups is 2. The van der Waals surface area contributed by atoms with Crippen LogP contribution in [0, 0.1) is 12.8 Å². The Morgan fingerprint density at radius 2 is 1.88 bits per heavy atom. The van der Waals surface area contributed by atoms with Crippen LogP contribution in [0.5, 0.6) is 0 Å². The highest BCUT2D eigenvalue weighted by atomic mass is 32.2. The first-order valence-electron chi connectivity index (χ1n) is 7.83. The molecule has 1 aromatic heterocycles. The quantitative estimate of drug-likeness (QED) is 0.631. The Hall–Kier alpha value is -2.65. The van der Waals surface area contributed by atoms with Crippen molar-refractivity contribution in [2.45, 2.75) is 18.4 Å². The van der Waals surface area contributed by atoms with Gasteiger partial charge in [0.2, 0.25) is 5.09 Å². The molecule has 8 nitrogen and oxygen atoms in total. The predicted molar refractivity (Wildman–Crippen MR) is 93.3 cm³/mol. The predicted octanol–water partition coefficient (Wildman–Crippen LogP) is 1.17. The summed E-state index contributed by atoms with van der Waals surface area (Å²) >= 11 is 0. The summed E-state index contributed by atoms with van der Waals surface area (Å²) in [7, 11) is -2.58. The molecule has 0 fully saturated rings. The number of amides is 1. The average Bonchev–Trinajstić information content (AvgIpc) is 3.01. The van der Waals surface area contributed by atoms with E-state index in [1.807, 2.05) is 30.3 Å². The summed E-state index contributed by atoms with van der Waals surface area (Å²) < 4.78 is 30.7. The first-order valence-corrected chi connectivity index (χ1v) is 9.32. The zero-order chi connectivity index (χ0) is 19.3. The largest absolute Gasteiger partial charge is 0.481 e. The van der Waals surface area contributed by atoms with Crippen molar-refractivity contribution in [3.63, 3.8) is 0 Å². The van der Waals surface area contributed by atoms with Crippen LogP contribution in [-0.2, 0) is 21.2 Å². The molecule has 1 aromatic carbocycles. The second kappa shape index (κ2) is 8.15.